The molecule has 1 aliphatic rings. The number of halogens is 1. The minimum atomic E-state index is -0.287. The number of rotatable bonds is 3. The molecule has 124 valence electrons. The number of carbonyl (C=O) groups excluding carboxylic acids is 1. The van der Waals surface area contributed by atoms with Crippen molar-refractivity contribution in [1.29, 1.82) is 5.26 Å². The molecule has 1 fully saturated rings. The number of piperidine rings is 1. The number of benzene rings is 1. The molecule has 2 heterocycles. The minimum absolute atomic E-state index is 0.0258. The molecule has 0 N–H and O–H groups in total. The first-order valence-electron chi connectivity index (χ1n) is 7.94. The molecular formula is C18H18ClN3O2. The summed E-state index contributed by atoms with van der Waals surface area (Å²) in [6.07, 6.45) is 1.39. The van der Waals surface area contributed by atoms with Gasteiger partial charge in [0.05, 0.1) is 17.1 Å². The number of hydrogen-bond donors (Lipinski definition) is 0. The van der Waals surface area contributed by atoms with E-state index >= 15 is 0 Å². The van der Waals surface area contributed by atoms with Crippen molar-refractivity contribution in [2.45, 2.75) is 12.8 Å². The lowest BCUT2D eigenvalue weighted by Crippen LogP contribution is -2.38. The van der Waals surface area contributed by atoms with Gasteiger partial charge in [0.15, 0.2) is 5.78 Å². The van der Waals surface area contributed by atoms with Crippen molar-refractivity contribution in [2.24, 2.45) is 13.0 Å². The third kappa shape index (κ3) is 2.67. The lowest BCUT2D eigenvalue weighted by atomic mass is 9.92. The topological polar surface area (TPSA) is 66.1 Å². The molecule has 1 saturated heterocycles. The second-order valence-electron chi connectivity index (χ2n) is 6.08. The standard InChI is InChI=1S/C18H18ClN3O2/c1-21-15-5-3-2-4-13(15)17(14(11-20)18(21)24)22-8-6-12(7-9-22)16(23)10-19/h2-5,12H,6-10H2,1H3. The molecule has 0 radical (unpaired) electrons. The van der Waals surface area contributed by atoms with Gasteiger partial charge in [-0.1, -0.05) is 18.2 Å². The molecule has 0 unspecified atom stereocenters. The number of hydrogen-bond acceptors (Lipinski definition) is 4. The Morgan fingerprint density at radius 1 is 1.33 bits per heavy atom. The van der Waals surface area contributed by atoms with Crippen LogP contribution in [0.2, 0.25) is 0 Å². The molecule has 0 aliphatic carbocycles. The number of nitrogens with zero attached hydrogens (tertiary/aromatic N) is 3. The Morgan fingerprint density at radius 3 is 2.62 bits per heavy atom. The maximum absolute atomic E-state index is 12.5. The molecule has 2 aromatic rings. The SMILES string of the molecule is Cn1c(=O)c(C#N)c(N2CCC(C(=O)CCl)CC2)c2ccccc21. The van der Waals surface area contributed by atoms with E-state index in [1.807, 2.05) is 24.3 Å². The number of anilines is 1. The fourth-order valence-corrected chi connectivity index (χ4v) is 3.66. The molecular weight excluding hydrogens is 326 g/mol. The molecule has 1 aromatic heterocycles. The molecule has 3 rings (SSSR count). The summed E-state index contributed by atoms with van der Waals surface area (Å²) < 4.78 is 1.52. The highest BCUT2D eigenvalue weighted by Gasteiger charge is 2.27. The minimum Gasteiger partial charge on any atom is -0.370 e. The summed E-state index contributed by atoms with van der Waals surface area (Å²) in [7, 11) is 1.68. The van der Waals surface area contributed by atoms with Crippen molar-refractivity contribution in [3.8, 4) is 6.07 Å². The molecule has 24 heavy (non-hydrogen) atoms. The Hall–Kier alpha value is -2.32. The molecule has 1 aromatic carbocycles. The number of Topliss-reactive ketones (excluding diaryl/α,β-unsaturated/α-hetero) is 1. The van der Waals surface area contributed by atoms with Crippen LogP contribution in [0.1, 0.15) is 18.4 Å². The Kier molecular flexibility index (Phi) is 4.59. The highest BCUT2D eigenvalue weighted by molar-refractivity contribution is 6.27. The number of nitriles is 1. The van der Waals surface area contributed by atoms with Crippen LogP contribution in [0.5, 0.6) is 0 Å². The van der Waals surface area contributed by atoms with Crippen LogP contribution in [0.25, 0.3) is 10.9 Å². The predicted molar refractivity (Wildman–Crippen MR) is 94.6 cm³/mol. The molecule has 0 spiro atoms. The second kappa shape index (κ2) is 6.66. The third-order valence-electron chi connectivity index (χ3n) is 4.79. The van der Waals surface area contributed by atoms with Gasteiger partial charge in [0, 0.05) is 31.4 Å². The quantitative estimate of drug-likeness (QED) is 0.803. The van der Waals surface area contributed by atoms with E-state index in [0.717, 1.165) is 10.9 Å². The van der Waals surface area contributed by atoms with E-state index in [1.165, 1.54) is 4.57 Å². The van der Waals surface area contributed by atoms with Crippen molar-refractivity contribution in [2.75, 3.05) is 23.9 Å². The summed E-state index contributed by atoms with van der Waals surface area (Å²) >= 11 is 5.65. The maximum Gasteiger partial charge on any atom is 0.270 e. The summed E-state index contributed by atoms with van der Waals surface area (Å²) in [4.78, 5) is 26.4. The monoisotopic (exact) mass is 343 g/mol. The summed E-state index contributed by atoms with van der Waals surface area (Å²) in [6, 6.07) is 9.67. The Labute approximate surface area is 145 Å². The first-order chi connectivity index (χ1) is 11.6. The molecule has 0 bridgehead atoms. The van der Waals surface area contributed by atoms with Gasteiger partial charge < -0.3 is 9.47 Å². The number of para-hydroxylation sites is 1. The Bertz CT molecular complexity index is 889. The van der Waals surface area contributed by atoms with Gasteiger partial charge in [-0.2, -0.15) is 5.26 Å². The molecule has 5 nitrogen and oxygen atoms in total. The van der Waals surface area contributed by atoms with Crippen LogP contribution in [-0.4, -0.2) is 29.3 Å². The van der Waals surface area contributed by atoms with E-state index in [0.29, 0.717) is 31.6 Å². The highest BCUT2D eigenvalue weighted by atomic mass is 35.5. The van der Waals surface area contributed by atoms with Gasteiger partial charge in [-0.05, 0) is 18.9 Å². The molecule has 0 amide bonds. The van der Waals surface area contributed by atoms with Gasteiger partial charge in [-0.3, -0.25) is 9.59 Å². The van der Waals surface area contributed by atoms with E-state index in [9.17, 15) is 14.9 Å². The summed E-state index contributed by atoms with van der Waals surface area (Å²) in [5.74, 6) is 0.0934. The van der Waals surface area contributed by atoms with E-state index in [1.54, 1.807) is 7.05 Å². The van der Waals surface area contributed by atoms with Crippen LogP contribution in [-0.2, 0) is 11.8 Å². The van der Waals surface area contributed by atoms with Crippen molar-refractivity contribution in [3.63, 3.8) is 0 Å². The predicted octanol–water partition coefficient (Wildman–Crippen LogP) is 2.43. The van der Waals surface area contributed by atoms with Crippen LogP contribution in [0.15, 0.2) is 29.1 Å². The fourth-order valence-electron chi connectivity index (χ4n) is 3.44. The highest BCUT2D eigenvalue weighted by Crippen LogP contribution is 2.31. The first kappa shape index (κ1) is 16.5. The first-order valence-corrected chi connectivity index (χ1v) is 8.47. The van der Waals surface area contributed by atoms with Crippen LogP contribution >= 0.6 is 11.6 Å². The van der Waals surface area contributed by atoms with Crippen LogP contribution in [0, 0.1) is 17.2 Å². The molecule has 6 heteroatoms. The average molecular weight is 344 g/mol. The zero-order valence-electron chi connectivity index (χ0n) is 13.5. The summed E-state index contributed by atoms with van der Waals surface area (Å²) in [5, 5.41) is 10.4. The van der Waals surface area contributed by atoms with Crippen LogP contribution in [0.3, 0.4) is 0 Å². The third-order valence-corrected chi connectivity index (χ3v) is 5.05. The van der Waals surface area contributed by atoms with E-state index in [-0.39, 0.29) is 28.7 Å². The molecule has 1 aliphatic heterocycles. The average Bonchev–Trinajstić information content (AvgIpc) is 2.64. The zero-order chi connectivity index (χ0) is 17.3. The zero-order valence-corrected chi connectivity index (χ0v) is 14.2. The van der Waals surface area contributed by atoms with Crippen molar-refractivity contribution in [1.82, 2.24) is 4.57 Å². The van der Waals surface area contributed by atoms with E-state index in [4.69, 9.17) is 11.6 Å². The Balaban J connectivity index is 2.07. The van der Waals surface area contributed by atoms with Gasteiger partial charge in [0.1, 0.15) is 11.6 Å². The van der Waals surface area contributed by atoms with Crippen LogP contribution in [0.4, 0.5) is 5.69 Å². The number of aryl methyl sites for hydroxylation is 1. The lowest BCUT2D eigenvalue weighted by Gasteiger charge is -2.34. The molecule has 0 saturated carbocycles. The van der Waals surface area contributed by atoms with Crippen molar-refractivity contribution >= 4 is 34.0 Å². The van der Waals surface area contributed by atoms with Gasteiger partial charge >= 0.3 is 0 Å². The maximum atomic E-state index is 12.5. The van der Waals surface area contributed by atoms with Gasteiger partial charge in [0.25, 0.3) is 5.56 Å². The van der Waals surface area contributed by atoms with E-state index < -0.39 is 0 Å². The summed E-state index contributed by atoms with van der Waals surface area (Å²) in [6.45, 7) is 1.28. The van der Waals surface area contributed by atoms with Crippen molar-refractivity contribution in [3.05, 3.63) is 40.2 Å². The molecule has 0 atom stereocenters. The largest absolute Gasteiger partial charge is 0.370 e. The summed E-state index contributed by atoms with van der Waals surface area (Å²) in [5.41, 5.74) is 1.37. The number of ketones is 1. The normalized spacial score (nSPS) is 15.5. The number of alkyl halides is 1. The second-order valence-corrected chi connectivity index (χ2v) is 6.35. The van der Waals surface area contributed by atoms with Crippen molar-refractivity contribution < 1.29 is 4.79 Å². The number of pyridine rings is 1. The number of fused-ring (bicyclic) bond motifs is 1. The van der Waals surface area contributed by atoms with E-state index in [2.05, 4.69) is 11.0 Å². The van der Waals surface area contributed by atoms with Gasteiger partial charge in [0.2, 0.25) is 0 Å². The lowest BCUT2D eigenvalue weighted by molar-refractivity contribution is -0.120. The van der Waals surface area contributed by atoms with Crippen LogP contribution < -0.4 is 10.5 Å². The number of carbonyl (C=O) groups is 1. The van der Waals surface area contributed by atoms with Gasteiger partial charge in [-0.15, -0.1) is 11.6 Å². The number of aromatic nitrogens is 1. The van der Waals surface area contributed by atoms with Gasteiger partial charge in [-0.25, -0.2) is 0 Å². The fraction of sp³-hybridized carbons (Fsp3) is 0.389. The smallest absolute Gasteiger partial charge is 0.270 e. The Morgan fingerprint density at radius 2 is 2.00 bits per heavy atom.